The van der Waals surface area contributed by atoms with Crippen molar-refractivity contribution in [2.45, 2.75) is 111 Å². The van der Waals surface area contributed by atoms with Crippen LogP contribution < -0.4 is 0 Å². The van der Waals surface area contributed by atoms with Gasteiger partial charge in [-0.3, -0.25) is 0 Å². The third-order valence-electron chi connectivity index (χ3n) is 6.84. The number of rotatable bonds is 13. The van der Waals surface area contributed by atoms with Gasteiger partial charge in [-0.05, 0) is 0 Å². The van der Waals surface area contributed by atoms with Crippen LogP contribution >= 0.6 is 0 Å². The molecular weight excluding hydrogens is 425 g/mol. The molecule has 0 aromatic heterocycles. The third kappa shape index (κ3) is 5.51. The normalized spacial score (nSPS) is 19.3. The van der Waals surface area contributed by atoms with E-state index in [0.717, 1.165) is 19.3 Å². The van der Waals surface area contributed by atoms with Gasteiger partial charge in [-0.2, -0.15) is 0 Å². The van der Waals surface area contributed by atoms with E-state index in [1.54, 1.807) is 0 Å². The first-order valence-electron chi connectivity index (χ1n) is 11.2. The Hall–Kier alpha value is -0.0113. The second-order valence-corrected chi connectivity index (χ2v) is 22.0. The van der Waals surface area contributed by atoms with Crippen LogP contribution in [-0.2, 0) is 0 Å². The van der Waals surface area contributed by atoms with E-state index in [4.69, 9.17) is 0 Å². The Morgan fingerprint density at radius 2 is 1.50 bits per heavy atom. The van der Waals surface area contributed by atoms with Crippen molar-refractivity contribution in [2.24, 2.45) is 11.3 Å². The molecule has 1 aliphatic carbocycles. The maximum absolute atomic E-state index is 11.6. The van der Waals surface area contributed by atoms with Crippen LogP contribution in [0.3, 0.4) is 0 Å². The molecule has 1 rings (SSSR count). The molecule has 1 atom stereocenters. The van der Waals surface area contributed by atoms with Gasteiger partial charge >= 0.3 is 168 Å². The van der Waals surface area contributed by atoms with E-state index < -0.39 is 29.4 Å². The molecule has 150 valence electrons. The molecule has 0 aromatic rings. The van der Waals surface area contributed by atoms with E-state index >= 15 is 0 Å². The summed E-state index contributed by atoms with van der Waals surface area (Å²) in [7, 11) is 0. The summed E-state index contributed by atoms with van der Waals surface area (Å²) in [6.07, 6.45) is 12.7. The summed E-state index contributed by atoms with van der Waals surface area (Å²) in [4.78, 5) is 0. The molecule has 0 heterocycles. The number of unbranched alkanes of at least 4 members (excludes halogenated alkanes) is 3. The maximum atomic E-state index is 11.6. The van der Waals surface area contributed by atoms with E-state index in [2.05, 4.69) is 50.9 Å². The average molecular weight is 468 g/mol. The van der Waals surface area contributed by atoms with Crippen molar-refractivity contribution in [1.29, 1.82) is 5.26 Å². The van der Waals surface area contributed by atoms with Crippen molar-refractivity contribution < 1.29 is 5.11 Å². The monoisotopic (exact) mass is 469 g/mol. The summed E-state index contributed by atoms with van der Waals surface area (Å²) >= 11 is -2.43. The molecule has 1 N–H and O–H groups in total. The summed E-state index contributed by atoms with van der Waals surface area (Å²) in [5.74, 6) is 0.0891. The van der Waals surface area contributed by atoms with Gasteiger partial charge in [0, 0.05) is 0 Å². The van der Waals surface area contributed by atoms with Crippen molar-refractivity contribution in [3.05, 3.63) is 10.2 Å². The Labute approximate surface area is 167 Å². The number of aliphatic hydroxyl groups is 1. The molecule has 0 amide bonds. The average Bonchev–Trinajstić information content (AvgIpc) is 2.59. The van der Waals surface area contributed by atoms with E-state index in [1.165, 1.54) is 51.8 Å². The van der Waals surface area contributed by atoms with Gasteiger partial charge in [-0.15, -0.1) is 0 Å². The van der Waals surface area contributed by atoms with Crippen LogP contribution in [-0.4, -0.2) is 29.1 Å². The second kappa shape index (κ2) is 11.1. The van der Waals surface area contributed by atoms with Gasteiger partial charge in [-0.25, -0.2) is 0 Å². The fourth-order valence-electron chi connectivity index (χ4n) is 4.55. The summed E-state index contributed by atoms with van der Waals surface area (Å²) in [6.45, 7) is 11.1. The minimum absolute atomic E-state index is 0.0891. The van der Waals surface area contributed by atoms with Crippen LogP contribution in [0.5, 0.6) is 0 Å². The molecular formula is C23H43NOSn. The summed E-state index contributed by atoms with van der Waals surface area (Å²) < 4.78 is 6.80. The van der Waals surface area contributed by atoms with Gasteiger partial charge in [0.25, 0.3) is 0 Å². The van der Waals surface area contributed by atoms with Crippen LogP contribution in [0.2, 0.25) is 13.3 Å². The molecule has 0 bridgehead atoms. The molecule has 1 saturated carbocycles. The molecule has 2 nitrogen and oxygen atoms in total. The van der Waals surface area contributed by atoms with E-state index in [-0.39, 0.29) is 5.92 Å². The molecule has 0 spiro atoms. The fraction of sp³-hybridized carbons (Fsp3) is 0.870. The van der Waals surface area contributed by atoms with Gasteiger partial charge in [0.1, 0.15) is 0 Å². The first-order valence-corrected chi connectivity index (χ1v) is 18.9. The quantitative estimate of drug-likeness (QED) is 0.296. The zero-order valence-corrected chi connectivity index (χ0v) is 21.0. The molecule has 1 unspecified atom stereocenters. The van der Waals surface area contributed by atoms with E-state index in [9.17, 15) is 10.4 Å². The summed E-state index contributed by atoms with van der Waals surface area (Å²) in [5.41, 5.74) is -1.50. The molecule has 0 radical (unpaired) electrons. The third-order valence-corrected chi connectivity index (χ3v) is 20.9. The summed E-state index contributed by atoms with van der Waals surface area (Å²) in [6, 6.07) is 2.52. The van der Waals surface area contributed by atoms with Crippen LogP contribution in [0.4, 0.5) is 0 Å². The predicted octanol–water partition coefficient (Wildman–Crippen LogP) is 7.01. The predicted molar refractivity (Wildman–Crippen MR) is 116 cm³/mol. The van der Waals surface area contributed by atoms with Crippen molar-refractivity contribution in [2.75, 3.05) is 0 Å². The van der Waals surface area contributed by atoms with E-state index in [1.807, 2.05) is 0 Å². The minimum atomic E-state index is -2.43. The number of hydrogen-bond donors (Lipinski definition) is 1. The SMILES string of the molecule is CCC[CH2][Sn](/[CH]=C/C(O)(C(C)C)C1(C#N)CCC1)([CH2]CCC)[CH2]CCC. The topological polar surface area (TPSA) is 44.0 Å². The number of nitriles is 1. The van der Waals surface area contributed by atoms with Gasteiger partial charge in [-0.1, -0.05) is 0 Å². The molecule has 0 saturated heterocycles. The molecule has 0 aliphatic heterocycles. The first-order chi connectivity index (χ1) is 12.4. The van der Waals surface area contributed by atoms with Crippen molar-refractivity contribution in [3.63, 3.8) is 0 Å². The second-order valence-electron chi connectivity index (χ2n) is 9.03. The Bertz CT molecular complexity index is 453. The Morgan fingerprint density at radius 1 is 1.04 bits per heavy atom. The van der Waals surface area contributed by atoms with Crippen molar-refractivity contribution in [3.8, 4) is 6.07 Å². The number of hydrogen-bond acceptors (Lipinski definition) is 2. The van der Waals surface area contributed by atoms with Gasteiger partial charge in [0.2, 0.25) is 0 Å². The molecule has 1 fully saturated rings. The molecule has 0 aromatic carbocycles. The van der Waals surface area contributed by atoms with Gasteiger partial charge < -0.3 is 0 Å². The Kier molecular flexibility index (Phi) is 10.3. The first kappa shape index (κ1) is 24.0. The summed E-state index contributed by atoms with van der Waals surface area (Å²) in [5, 5.41) is 21.5. The van der Waals surface area contributed by atoms with Crippen LogP contribution in [0.1, 0.15) is 92.4 Å². The molecule has 3 heteroatoms. The standard InChI is InChI=1S/C11H16NO.3C4H9.Sn/c1-4-11(13,9(2)3)10(8-12)6-5-7-10;3*1-3-4-2;/h1,4,9,13H,5-7H2,2-3H3;3*1,3-4H2,2H3;. The zero-order chi connectivity index (χ0) is 19.7. The fourth-order valence-corrected chi connectivity index (χ4v) is 18.9. The van der Waals surface area contributed by atoms with Crippen molar-refractivity contribution in [1.82, 2.24) is 0 Å². The van der Waals surface area contributed by atoms with Gasteiger partial charge in [0.05, 0.1) is 0 Å². The number of nitrogens with zero attached hydrogens (tertiary/aromatic N) is 1. The van der Waals surface area contributed by atoms with E-state index in [0.29, 0.717) is 0 Å². The Morgan fingerprint density at radius 3 is 1.77 bits per heavy atom. The zero-order valence-electron chi connectivity index (χ0n) is 18.1. The van der Waals surface area contributed by atoms with Crippen LogP contribution in [0.15, 0.2) is 10.2 Å². The molecule has 26 heavy (non-hydrogen) atoms. The van der Waals surface area contributed by atoms with Crippen molar-refractivity contribution >= 4 is 18.4 Å². The van der Waals surface area contributed by atoms with Crippen LogP contribution in [0, 0.1) is 22.7 Å². The van der Waals surface area contributed by atoms with Gasteiger partial charge in [0.15, 0.2) is 0 Å². The Balaban J connectivity index is 3.19. The molecule has 1 aliphatic rings. The van der Waals surface area contributed by atoms with Crippen LogP contribution in [0.25, 0.3) is 0 Å².